The monoisotopic (exact) mass is 344 g/mol. The lowest BCUT2D eigenvalue weighted by Crippen LogP contribution is -2.35. The predicted molar refractivity (Wildman–Crippen MR) is 97.7 cm³/mol. The van der Waals surface area contributed by atoms with Crippen LogP contribution >= 0.6 is 11.3 Å². The highest BCUT2D eigenvalue weighted by Crippen LogP contribution is 2.21. The van der Waals surface area contributed by atoms with Crippen molar-refractivity contribution >= 4 is 28.2 Å². The molecular formula is C18H24N4OS. The maximum atomic E-state index is 12.2. The van der Waals surface area contributed by atoms with E-state index in [1.54, 1.807) is 6.20 Å². The number of rotatable bonds is 5. The second-order valence-corrected chi connectivity index (χ2v) is 7.28. The summed E-state index contributed by atoms with van der Waals surface area (Å²) in [6.07, 6.45) is 9.35. The molecule has 0 aliphatic heterocycles. The van der Waals surface area contributed by atoms with E-state index < -0.39 is 0 Å². The number of thiazole rings is 1. The van der Waals surface area contributed by atoms with Crippen LogP contribution in [0.1, 0.15) is 49.8 Å². The average molecular weight is 344 g/mol. The Hall–Kier alpha value is -1.95. The Morgan fingerprint density at radius 3 is 2.83 bits per heavy atom. The number of hydrogen-bond acceptors (Lipinski definition) is 5. The molecule has 0 spiro atoms. The number of carbonyl (C=O) groups is 1. The fourth-order valence-electron chi connectivity index (χ4n) is 3.03. The van der Waals surface area contributed by atoms with Gasteiger partial charge in [0.1, 0.15) is 5.82 Å². The average Bonchev–Trinajstić information content (AvgIpc) is 2.81. The van der Waals surface area contributed by atoms with Gasteiger partial charge in [-0.2, -0.15) is 0 Å². The summed E-state index contributed by atoms with van der Waals surface area (Å²) < 4.78 is 0. The maximum absolute atomic E-state index is 12.2. The summed E-state index contributed by atoms with van der Waals surface area (Å²) >= 11 is 1.50. The van der Waals surface area contributed by atoms with Crippen molar-refractivity contribution in [3.05, 3.63) is 35.0 Å². The van der Waals surface area contributed by atoms with Gasteiger partial charge < -0.3 is 10.6 Å². The molecule has 1 aliphatic rings. The summed E-state index contributed by atoms with van der Waals surface area (Å²) in [5.41, 5.74) is 1.95. The van der Waals surface area contributed by atoms with Crippen molar-refractivity contribution in [2.45, 2.75) is 57.9 Å². The molecule has 1 saturated carbocycles. The lowest BCUT2D eigenvalue weighted by Gasteiger charge is -2.15. The van der Waals surface area contributed by atoms with Gasteiger partial charge in [0, 0.05) is 17.6 Å². The van der Waals surface area contributed by atoms with Gasteiger partial charge in [0.25, 0.3) is 0 Å². The summed E-state index contributed by atoms with van der Waals surface area (Å²) in [5, 5.41) is 9.06. The van der Waals surface area contributed by atoms with Crippen LogP contribution < -0.4 is 10.6 Å². The van der Waals surface area contributed by atoms with E-state index in [0.717, 1.165) is 35.0 Å². The van der Waals surface area contributed by atoms with Crippen LogP contribution in [-0.4, -0.2) is 21.9 Å². The minimum absolute atomic E-state index is 0.0763. The second kappa shape index (κ2) is 8.24. The van der Waals surface area contributed by atoms with Crippen molar-refractivity contribution in [3.8, 4) is 0 Å². The van der Waals surface area contributed by atoms with E-state index in [1.165, 1.54) is 37.0 Å². The molecule has 3 rings (SSSR count). The van der Waals surface area contributed by atoms with Crippen molar-refractivity contribution < 1.29 is 4.79 Å². The van der Waals surface area contributed by atoms with Gasteiger partial charge >= 0.3 is 0 Å². The van der Waals surface area contributed by atoms with E-state index in [4.69, 9.17) is 0 Å². The lowest BCUT2D eigenvalue weighted by molar-refractivity contribution is -0.121. The Kier molecular flexibility index (Phi) is 5.80. The quantitative estimate of drug-likeness (QED) is 0.805. The van der Waals surface area contributed by atoms with Gasteiger partial charge in [-0.05, 0) is 37.5 Å². The molecule has 128 valence electrons. The predicted octanol–water partition coefficient (Wildman–Crippen LogP) is 3.97. The van der Waals surface area contributed by atoms with Crippen LogP contribution in [0.5, 0.6) is 0 Å². The van der Waals surface area contributed by atoms with Gasteiger partial charge in [0.2, 0.25) is 5.91 Å². The molecule has 2 aromatic rings. The van der Waals surface area contributed by atoms with Gasteiger partial charge in [0.15, 0.2) is 5.13 Å². The van der Waals surface area contributed by atoms with Crippen LogP contribution in [-0.2, 0) is 11.2 Å². The van der Waals surface area contributed by atoms with E-state index >= 15 is 0 Å². The number of hydrogen-bond donors (Lipinski definition) is 2. The first-order chi connectivity index (χ1) is 11.7. The zero-order valence-corrected chi connectivity index (χ0v) is 14.9. The fourth-order valence-corrected chi connectivity index (χ4v) is 3.74. The zero-order valence-electron chi connectivity index (χ0n) is 14.0. The van der Waals surface area contributed by atoms with Crippen molar-refractivity contribution in [3.63, 3.8) is 0 Å². The third-order valence-corrected chi connectivity index (χ3v) is 5.07. The Bertz CT molecular complexity index is 677. The van der Waals surface area contributed by atoms with Gasteiger partial charge in [-0.25, -0.2) is 9.97 Å². The van der Waals surface area contributed by atoms with Crippen LogP contribution in [0.15, 0.2) is 23.7 Å². The highest BCUT2D eigenvalue weighted by molar-refractivity contribution is 7.13. The summed E-state index contributed by atoms with van der Waals surface area (Å²) in [4.78, 5) is 21.0. The molecule has 0 radical (unpaired) electrons. The standard InChI is InChI=1S/C18H24N4OS/c1-13-8-9-19-16(10-13)22-18-21-15(12-24-18)11-17(23)20-14-6-4-2-3-5-7-14/h8-10,12,14H,2-7,11H2,1H3,(H,20,23)(H,19,21,22). The molecule has 24 heavy (non-hydrogen) atoms. The van der Waals surface area contributed by atoms with E-state index in [0.29, 0.717) is 12.5 Å². The summed E-state index contributed by atoms with van der Waals surface area (Å²) in [6, 6.07) is 4.27. The van der Waals surface area contributed by atoms with Crippen molar-refractivity contribution in [2.24, 2.45) is 0 Å². The molecule has 0 aromatic carbocycles. The fraction of sp³-hybridized carbons (Fsp3) is 0.500. The summed E-state index contributed by atoms with van der Waals surface area (Å²) in [5.74, 6) is 0.853. The number of aromatic nitrogens is 2. The Labute approximate surface area is 146 Å². The molecule has 0 atom stereocenters. The van der Waals surface area contributed by atoms with Crippen LogP contribution in [0.4, 0.5) is 10.9 Å². The van der Waals surface area contributed by atoms with Crippen LogP contribution in [0.2, 0.25) is 0 Å². The van der Waals surface area contributed by atoms with Crippen molar-refractivity contribution in [1.29, 1.82) is 0 Å². The molecule has 1 amide bonds. The largest absolute Gasteiger partial charge is 0.353 e. The SMILES string of the molecule is Cc1ccnc(Nc2nc(CC(=O)NC3CCCCCC3)cs2)c1. The molecule has 1 fully saturated rings. The third kappa shape index (κ3) is 5.03. The summed E-state index contributed by atoms with van der Waals surface area (Å²) in [7, 11) is 0. The highest BCUT2D eigenvalue weighted by Gasteiger charge is 2.15. The smallest absolute Gasteiger partial charge is 0.226 e. The molecule has 6 heteroatoms. The molecule has 0 unspecified atom stereocenters. The Morgan fingerprint density at radius 2 is 2.08 bits per heavy atom. The molecule has 0 saturated heterocycles. The van der Waals surface area contributed by atoms with Crippen LogP contribution in [0.3, 0.4) is 0 Å². The molecule has 2 aromatic heterocycles. The van der Waals surface area contributed by atoms with E-state index in [-0.39, 0.29) is 5.91 Å². The van der Waals surface area contributed by atoms with Crippen molar-refractivity contribution in [2.75, 3.05) is 5.32 Å². The number of amides is 1. The number of nitrogens with one attached hydrogen (secondary N) is 2. The zero-order chi connectivity index (χ0) is 16.8. The van der Waals surface area contributed by atoms with E-state index in [1.807, 2.05) is 24.4 Å². The van der Waals surface area contributed by atoms with Gasteiger partial charge in [0.05, 0.1) is 12.1 Å². The third-order valence-electron chi connectivity index (χ3n) is 4.26. The number of pyridine rings is 1. The molecule has 2 heterocycles. The minimum atomic E-state index is 0.0763. The van der Waals surface area contributed by atoms with Gasteiger partial charge in [-0.15, -0.1) is 11.3 Å². The first kappa shape index (κ1) is 16.9. The Morgan fingerprint density at radius 1 is 1.29 bits per heavy atom. The molecular weight excluding hydrogens is 320 g/mol. The normalized spacial score (nSPS) is 15.7. The molecule has 2 N–H and O–H groups in total. The van der Waals surface area contributed by atoms with Crippen LogP contribution in [0, 0.1) is 6.92 Å². The lowest BCUT2D eigenvalue weighted by atomic mass is 10.1. The minimum Gasteiger partial charge on any atom is -0.353 e. The number of anilines is 2. The number of aryl methyl sites for hydroxylation is 1. The van der Waals surface area contributed by atoms with Crippen molar-refractivity contribution in [1.82, 2.24) is 15.3 Å². The highest BCUT2D eigenvalue weighted by atomic mass is 32.1. The first-order valence-electron chi connectivity index (χ1n) is 8.62. The van der Waals surface area contributed by atoms with Gasteiger partial charge in [-0.3, -0.25) is 4.79 Å². The number of carbonyl (C=O) groups excluding carboxylic acids is 1. The molecule has 1 aliphatic carbocycles. The molecule has 5 nitrogen and oxygen atoms in total. The maximum Gasteiger partial charge on any atom is 0.226 e. The topological polar surface area (TPSA) is 66.9 Å². The first-order valence-corrected chi connectivity index (χ1v) is 9.50. The van der Waals surface area contributed by atoms with Crippen LogP contribution in [0.25, 0.3) is 0 Å². The summed E-state index contributed by atoms with van der Waals surface area (Å²) in [6.45, 7) is 2.03. The number of nitrogens with zero attached hydrogens (tertiary/aromatic N) is 2. The Balaban J connectivity index is 1.52. The second-order valence-electron chi connectivity index (χ2n) is 6.42. The van der Waals surface area contributed by atoms with E-state index in [9.17, 15) is 4.79 Å². The van der Waals surface area contributed by atoms with E-state index in [2.05, 4.69) is 20.6 Å². The van der Waals surface area contributed by atoms with Gasteiger partial charge in [-0.1, -0.05) is 25.7 Å². The molecule has 0 bridgehead atoms.